The number of nitrogens with one attached hydrogen (secondary N) is 3. The molecule has 0 radical (unpaired) electrons. The van der Waals surface area contributed by atoms with Gasteiger partial charge in [0.05, 0.1) is 0 Å². The van der Waals surface area contributed by atoms with Gasteiger partial charge in [-0.1, -0.05) is 87.1 Å². The molecule has 2 atom stereocenters. The van der Waals surface area contributed by atoms with Gasteiger partial charge in [0.25, 0.3) is 5.97 Å². The van der Waals surface area contributed by atoms with Crippen molar-refractivity contribution in [3.8, 4) is 0 Å². The highest BCUT2D eigenvalue weighted by atomic mass is 16.4. The smallest absolute Gasteiger partial charge is 0.300 e. The number of hydrogen-bond acceptors (Lipinski definition) is 5. The minimum atomic E-state index is -0.833. The zero-order chi connectivity index (χ0) is 31.2. The van der Waals surface area contributed by atoms with Crippen LogP contribution < -0.4 is 22.1 Å². The van der Waals surface area contributed by atoms with Crippen molar-refractivity contribution < 1.29 is 19.5 Å². The van der Waals surface area contributed by atoms with E-state index in [4.69, 9.17) is 26.8 Å². The van der Waals surface area contributed by atoms with E-state index < -0.39 is 12.0 Å². The Bertz CT molecular complexity index is 1180. The summed E-state index contributed by atoms with van der Waals surface area (Å²) in [4.78, 5) is 36.5. The predicted molar refractivity (Wildman–Crippen MR) is 169 cm³/mol. The molecule has 234 valence electrons. The summed E-state index contributed by atoms with van der Waals surface area (Å²) in [5.41, 5.74) is 15.2. The van der Waals surface area contributed by atoms with E-state index in [1.165, 1.54) is 12.8 Å². The van der Waals surface area contributed by atoms with Gasteiger partial charge in [-0.15, -0.1) is 0 Å². The van der Waals surface area contributed by atoms with E-state index in [-0.39, 0.29) is 29.5 Å². The molecule has 2 aromatic carbocycles. The van der Waals surface area contributed by atoms with Gasteiger partial charge in [0, 0.05) is 31.5 Å². The van der Waals surface area contributed by atoms with Gasteiger partial charge in [-0.2, -0.15) is 0 Å². The number of amides is 2. The van der Waals surface area contributed by atoms with Gasteiger partial charge in [-0.25, -0.2) is 0 Å². The SMILES string of the molecule is CC(=O)O.N=C(N)c1ccc(CNC(=O)[C@@H](NC(=O)C(Cc2ccc(CN)cc2)C2CCCCC2)C2CCCCC2)cc1. The van der Waals surface area contributed by atoms with Crippen molar-refractivity contribution in [2.75, 3.05) is 0 Å². The molecule has 2 saturated carbocycles. The van der Waals surface area contributed by atoms with E-state index in [0.717, 1.165) is 75.0 Å². The summed E-state index contributed by atoms with van der Waals surface area (Å²) in [6.07, 6.45) is 11.7. The van der Waals surface area contributed by atoms with Crippen molar-refractivity contribution in [2.45, 2.75) is 96.7 Å². The van der Waals surface area contributed by atoms with Crippen molar-refractivity contribution in [1.29, 1.82) is 5.41 Å². The Morgan fingerprint density at radius 2 is 1.30 bits per heavy atom. The zero-order valence-corrected chi connectivity index (χ0v) is 25.4. The van der Waals surface area contributed by atoms with Crippen LogP contribution in [0.5, 0.6) is 0 Å². The number of nitrogen functional groups attached to an aromatic ring is 1. The molecule has 8 N–H and O–H groups in total. The second-order valence-corrected chi connectivity index (χ2v) is 12.0. The first-order chi connectivity index (χ1) is 20.7. The minimum absolute atomic E-state index is 0.0151. The Balaban J connectivity index is 0.00000119. The number of hydrogen-bond donors (Lipinski definition) is 6. The molecule has 0 aliphatic heterocycles. The van der Waals surface area contributed by atoms with Crippen LogP contribution in [-0.4, -0.2) is 34.8 Å². The van der Waals surface area contributed by atoms with Crippen molar-refractivity contribution in [3.05, 3.63) is 70.8 Å². The molecular formula is C34H49N5O4. The molecule has 0 bridgehead atoms. The Morgan fingerprint density at radius 3 is 1.81 bits per heavy atom. The van der Waals surface area contributed by atoms with Crippen LogP contribution in [0.4, 0.5) is 0 Å². The van der Waals surface area contributed by atoms with Gasteiger partial charge in [-0.05, 0) is 60.6 Å². The van der Waals surface area contributed by atoms with Crippen molar-refractivity contribution in [1.82, 2.24) is 10.6 Å². The maximum Gasteiger partial charge on any atom is 0.300 e. The van der Waals surface area contributed by atoms with Crippen LogP contribution in [0, 0.1) is 23.2 Å². The number of carbonyl (C=O) groups excluding carboxylic acids is 2. The lowest BCUT2D eigenvalue weighted by Crippen LogP contribution is -2.53. The molecule has 0 aromatic heterocycles. The normalized spacial score (nSPS) is 17.1. The highest BCUT2D eigenvalue weighted by Crippen LogP contribution is 2.33. The third kappa shape index (κ3) is 11.1. The molecule has 9 nitrogen and oxygen atoms in total. The lowest BCUT2D eigenvalue weighted by atomic mass is 9.76. The molecule has 4 rings (SSSR count). The van der Waals surface area contributed by atoms with Gasteiger partial charge in [0.1, 0.15) is 11.9 Å². The Morgan fingerprint density at radius 1 is 0.814 bits per heavy atom. The minimum Gasteiger partial charge on any atom is -0.481 e. The van der Waals surface area contributed by atoms with Crippen LogP contribution in [-0.2, 0) is 33.9 Å². The third-order valence-corrected chi connectivity index (χ3v) is 8.70. The van der Waals surface area contributed by atoms with E-state index in [1.54, 1.807) is 12.1 Å². The van der Waals surface area contributed by atoms with Crippen molar-refractivity contribution in [2.24, 2.45) is 29.2 Å². The number of amidine groups is 1. The fraction of sp³-hybridized carbons (Fsp3) is 0.529. The van der Waals surface area contributed by atoms with Crippen molar-refractivity contribution >= 4 is 23.6 Å². The quantitative estimate of drug-likeness (QED) is 0.164. The molecular weight excluding hydrogens is 542 g/mol. The molecule has 1 unspecified atom stereocenters. The number of aliphatic carboxylic acids is 1. The maximum absolute atomic E-state index is 14.0. The molecule has 2 aromatic rings. The summed E-state index contributed by atoms with van der Waals surface area (Å²) in [5, 5.41) is 21.3. The predicted octanol–water partition coefficient (Wildman–Crippen LogP) is 4.64. The molecule has 2 amide bonds. The average Bonchev–Trinajstić information content (AvgIpc) is 3.02. The molecule has 0 heterocycles. The van der Waals surface area contributed by atoms with Crippen LogP contribution in [0.1, 0.15) is 93.4 Å². The summed E-state index contributed by atoms with van der Waals surface area (Å²) in [5.74, 6) is -0.566. The molecule has 0 spiro atoms. The van der Waals surface area contributed by atoms with Gasteiger partial charge in [0.15, 0.2) is 0 Å². The monoisotopic (exact) mass is 591 g/mol. The molecule has 2 aliphatic carbocycles. The topological polar surface area (TPSA) is 171 Å². The lowest BCUT2D eigenvalue weighted by Gasteiger charge is -2.34. The average molecular weight is 592 g/mol. The number of carboxylic acids is 1. The fourth-order valence-electron chi connectivity index (χ4n) is 6.30. The molecule has 43 heavy (non-hydrogen) atoms. The summed E-state index contributed by atoms with van der Waals surface area (Å²) in [7, 11) is 0. The first kappa shape index (κ1) is 33.8. The number of carboxylic acid groups (broad SMARTS) is 1. The fourth-order valence-corrected chi connectivity index (χ4v) is 6.30. The van der Waals surface area contributed by atoms with E-state index in [1.807, 2.05) is 24.3 Å². The summed E-state index contributed by atoms with van der Waals surface area (Å²) < 4.78 is 0. The molecule has 2 aliphatic rings. The standard InChI is InChI=1S/C32H45N5O2.C2H4O2/c33-20-23-13-11-22(12-14-23)19-28(25-7-3-1-4-8-25)31(38)37-29(26-9-5-2-6-10-26)32(39)36-21-24-15-17-27(18-16-24)30(34)35;1-2(3)4/h11-18,25-26,28-29H,1-10,19-21,33H2,(H3,34,35)(H,36,39)(H,37,38);1H3,(H,3,4)/t28?,29-;/m0./s1. The zero-order valence-electron chi connectivity index (χ0n) is 25.4. The number of carbonyl (C=O) groups is 3. The van der Waals surface area contributed by atoms with E-state index >= 15 is 0 Å². The van der Waals surface area contributed by atoms with Gasteiger partial charge >= 0.3 is 0 Å². The largest absolute Gasteiger partial charge is 0.481 e. The van der Waals surface area contributed by atoms with E-state index in [0.29, 0.717) is 31.0 Å². The maximum atomic E-state index is 14.0. The summed E-state index contributed by atoms with van der Waals surface area (Å²) >= 11 is 0. The number of benzene rings is 2. The Kier molecular flexibility index (Phi) is 13.7. The van der Waals surface area contributed by atoms with Gasteiger partial charge in [0.2, 0.25) is 11.8 Å². The van der Waals surface area contributed by atoms with Crippen LogP contribution in [0.25, 0.3) is 0 Å². The Labute approximate surface area is 255 Å². The Hall–Kier alpha value is -3.72. The highest BCUT2D eigenvalue weighted by molar-refractivity contribution is 5.95. The van der Waals surface area contributed by atoms with Gasteiger partial charge in [-0.3, -0.25) is 19.8 Å². The van der Waals surface area contributed by atoms with Gasteiger partial charge < -0.3 is 27.2 Å². The second-order valence-electron chi connectivity index (χ2n) is 12.0. The number of nitrogens with two attached hydrogens (primary N) is 2. The van der Waals surface area contributed by atoms with Crippen molar-refractivity contribution in [3.63, 3.8) is 0 Å². The molecule has 2 fully saturated rings. The highest BCUT2D eigenvalue weighted by Gasteiger charge is 2.35. The first-order valence-corrected chi connectivity index (χ1v) is 15.7. The third-order valence-electron chi connectivity index (χ3n) is 8.70. The van der Waals surface area contributed by atoms with Crippen LogP contribution in [0.2, 0.25) is 0 Å². The number of rotatable bonds is 11. The van der Waals surface area contributed by atoms with E-state index in [9.17, 15) is 9.59 Å². The van der Waals surface area contributed by atoms with E-state index in [2.05, 4.69) is 22.8 Å². The second kappa shape index (κ2) is 17.4. The van der Waals surface area contributed by atoms with Crippen LogP contribution in [0.3, 0.4) is 0 Å². The lowest BCUT2D eigenvalue weighted by molar-refractivity contribution is -0.134. The van der Waals surface area contributed by atoms with Crippen LogP contribution >= 0.6 is 0 Å². The molecule has 9 heteroatoms. The summed E-state index contributed by atoms with van der Waals surface area (Å²) in [6, 6.07) is 15.1. The summed E-state index contributed by atoms with van der Waals surface area (Å²) in [6.45, 7) is 1.96. The molecule has 0 saturated heterocycles. The van der Waals surface area contributed by atoms with Crippen LogP contribution in [0.15, 0.2) is 48.5 Å². The first-order valence-electron chi connectivity index (χ1n) is 15.7.